The van der Waals surface area contributed by atoms with Crippen LogP contribution >= 0.6 is 0 Å². The molecule has 0 aliphatic rings. The summed E-state index contributed by atoms with van der Waals surface area (Å²) in [5, 5.41) is 9.83. The lowest BCUT2D eigenvalue weighted by molar-refractivity contribution is -0.119. The Kier molecular flexibility index (Phi) is 4.83. The van der Waals surface area contributed by atoms with Gasteiger partial charge in [-0.1, -0.05) is 6.92 Å². The summed E-state index contributed by atoms with van der Waals surface area (Å²) in [5.41, 5.74) is 1.11. The number of aromatic nitrogens is 2. The predicted octanol–water partition coefficient (Wildman–Crippen LogP) is 0.129. The van der Waals surface area contributed by atoms with Crippen molar-refractivity contribution in [1.29, 1.82) is 0 Å². The highest BCUT2D eigenvalue weighted by atomic mass is 16.1. The molecule has 0 aromatic carbocycles. The zero-order valence-corrected chi connectivity index (χ0v) is 9.29. The molecule has 0 unspecified atom stereocenters. The highest BCUT2D eigenvalue weighted by molar-refractivity contribution is 5.77. The van der Waals surface area contributed by atoms with Gasteiger partial charge in [0.2, 0.25) is 5.91 Å². The first kappa shape index (κ1) is 11.7. The number of carbonyl (C=O) groups excluding carboxylic acids is 1. The molecule has 1 heterocycles. The molecular weight excluding hydrogens is 192 g/mol. The van der Waals surface area contributed by atoms with E-state index in [0.717, 1.165) is 18.7 Å². The van der Waals surface area contributed by atoms with Gasteiger partial charge in [-0.3, -0.25) is 9.48 Å². The smallest absolute Gasteiger partial charge is 0.233 e. The van der Waals surface area contributed by atoms with E-state index >= 15 is 0 Å². The van der Waals surface area contributed by atoms with Crippen LogP contribution in [0.25, 0.3) is 0 Å². The van der Waals surface area contributed by atoms with Gasteiger partial charge in [-0.25, -0.2) is 0 Å². The lowest BCUT2D eigenvalue weighted by atomic mass is 10.4. The van der Waals surface area contributed by atoms with Crippen molar-refractivity contribution in [2.45, 2.75) is 26.4 Å². The van der Waals surface area contributed by atoms with Gasteiger partial charge in [0.05, 0.1) is 12.2 Å². The molecule has 1 aromatic heterocycles. The minimum Gasteiger partial charge on any atom is -0.358 e. The van der Waals surface area contributed by atoms with E-state index in [1.54, 1.807) is 13.2 Å². The number of likely N-dealkylation sites (N-methyl/N-ethyl adjacent to an activating group) is 1. The summed E-state index contributed by atoms with van der Waals surface area (Å²) >= 11 is 0. The van der Waals surface area contributed by atoms with Crippen LogP contribution < -0.4 is 10.6 Å². The monoisotopic (exact) mass is 210 g/mol. The van der Waals surface area contributed by atoms with Crippen LogP contribution in [-0.2, 0) is 17.9 Å². The van der Waals surface area contributed by atoms with E-state index in [9.17, 15) is 4.79 Å². The minimum atomic E-state index is -0.00319. The van der Waals surface area contributed by atoms with Crippen LogP contribution in [0, 0.1) is 0 Å². The average molecular weight is 210 g/mol. The van der Waals surface area contributed by atoms with Crippen LogP contribution in [0.2, 0.25) is 0 Å². The lowest BCUT2D eigenvalue weighted by Gasteiger charge is -2.06. The molecule has 2 N–H and O–H groups in total. The molecule has 0 aliphatic heterocycles. The fraction of sp³-hybridized carbons (Fsp3) is 0.600. The highest BCUT2D eigenvalue weighted by Crippen LogP contribution is 1.99. The summed E-state index contributed by atoms with van der Waals surface area (Å²) in [6.45, 7) is 4.05. The Bertz CT molecular complexity index is 308. The van der Waals surface area contributed by atoms with Gasteiger partial charge < -0.3 is 10.6 Å². The topological polar surface area (TPSA) is 59.0 Å². The second kappa shape index (κ2) is 6.19. The van der Waals surface area contributed by atoms with Crippen molar-refractivity contribution < 1.29 is 4.79 Å². The summed E-state index contributed by atoms with van der Waals surface area (Å²) in [6, 6.07) is 1.96. The summed E-state index contributed by atoms with van der Waals surface area (Å²) in [4.78, 5) is 11.0. The first-order valence-electron chi connectivity index (χ1n) is 5.20. The number of nitrogens with zero attached hydrogens (tertiary/aromatic N) is 2. The SMILES string of the molecule is CCCn1nccc1CNCC(=O)NC. The molecule has 0 saturated carbocycles. The predicted molar refractivity (Wildman–Crippen MR) is 58.3 cm³/mol. The van der Waals surface area contributed by atoms with Crippen LogP contribution in [0.3, 0.4) is 0 Å². The summed E-state index contributed by atoms with van der Waals surface area (Å²) in [7, 11) is 1.63. The maximum Gasteiger partial charge on any atom is 0.233 e. The average Bonchev–Trinajstić information content (AvgIpc) is 2.66. The molecule has 0 atom stereocenters. The Morgan fingerprint density at radius 3 is 3.07 bits per heavy atom. The van der Waals surface area contributed by atoms with Crippen LogP contribution in [0.5, 0.6) is 0 Å². The normalized spacial score (nSPS) is 10.3. The Labute approximate surface area is 89.9 Å². The number of hydrogen-bond donors (Lipinski definition) is 2. The minimum absolute atomic E-state index is 0.00319. The third kappa shape index (κ3) is 3.71. The molecule has 0 saturated heterocycles. The van der Waals surface area contributed by atoms with E-state index < -0.39 is 0 Å². The molecule has 1 amide bonds. The van der Waals surface area contributed by atoms with Gasteiger partial charge in [-0.2, -0.15) is 5.10 Å². The molecule has 0 bridgehead atoms. The largest absolute Gasteiger partial charge is 0.358 e. The number of nitrogens with one attached hydrogen (secondary N) is 2. The first-order valence-corrected chi connectivity index (χ1v) is 5.20. The summed E-state index contributed by atoms with van der Waals surface area (Å²) < 4.78 is 1.96. The summed E-state index contributed by atoms with van der Waals surface area (Å²) in [6.07, 6.45) is 2.84. The van der Waals surface area contributed by atoms with Crippen molar-refractivity contribution in [3.63, 3.8) is 0 Å². The number of amides is 1. The number of rotatable bonds is 6. The zero-order chi connectivity index (χ0) is 11.1. The fourth-order valence-corrected chi connectivity index (χ4v) is 1.32. The number of aryl methyl sites for hydroxylation is 1. The molecule has 1 rings (SSSR count). The van der Waals surface area contributed by atoms with Gasteiger partial charge in [0, 0.05) is 26.3 Å². The Balaban J connectivity index is 2.36. The van der Waals surface area contributed by atoms with Crippen molar-refractivity contribution in [3.05, 3.63) is 18.0 Å². The van der Waals surface area contributed by atoms with Crippen molar-refractivity contribution in [3.8, 4) is 0 Å². The molecule has 0 radical (unpaired) electrons. The molecule has 0 aliphatic carbocycles. The van der Waals surface area contributed by atoms with Crippen LogP contribution in [0.1, 0.15) is 19.0 Å². The molecule has 15 heavy (non-hydrogen) atoms. The molecule has 0 spiro atoms. The van der Waals surface area contributed by atoms with Crippen LogP contribution in [0.4, 0.5) is 0 Å². The van der Waals surface area contributed by atoms with E-state index in [2.05, 4.69) is 22.7 Å². The Morgan fingerprint density at radius 2 is 2.40 bits per heavy atom. The van der Waals surface area contributed by atoms with E-state index in [1.807, 2.05) is 10.7 Å². The standard InChI is InChI=1S/C10H18N4O/c1-3-6-14-9(4-5-13-14)7-12-8-10(15)11-2/h4-5,12H,3,6-8H2,1-2H3,(H,11,15). The second-order valence-corrected chi connectivity index (χ2v) is 3.32. The van der Waals surface area contributed by atoms with Crippen LogP contribution in [0.15, 0.2) is 12.3 Å². The zero-order valence-electron chi connectivity index (χ0n) is 9.29. The van der Waals surface area contributed by atoms with Crippen molar-refractivity contribution in [1.82, 2.24) is 20.4 Å². The van der Waals surface area contributed by atoms with E-state index in [0.29, 0.717) is 13.1 Å². The molecule has 5 nitrogen and oxygen atoms in total. The molecule has 0 fully saturated rings. The quantitative estimate of drug-likeness (QED) is 0.701. The van der Waals surface area contributed by atoms with Gasteiger partial charge in [-0.05, 0) is 12.5 Å². The lowest BCUT2D eigenvalue weighted by Crippen LogP contribution is -2.31. The molecule has 1 aromatic rings. The third-order valence-electron chi connectivity index (χ3n) is 2.11. The van der Waals surface area contributed by atoms with E-state index in [1.165, 1.54) is 0 Å². The molecule has 84 valence electrons. The Hall–Kier alpha value is -1.36. The van der Waals surface area contributed by atoms with E-state index in [4.69, 9.17) is 0 Å². The number of hydrogen-bond acceptors (Lipinski definition) is 3. The molecular formula is C10H18N4O. The fourth-order valence-electron chi connectivity index (χ4n) is 1.32. The van der Waals surface area contributed by atoms with Gasteiger partial charge in [0.15, 0.2) is 0 Å². The molecule has 5 heteroatoms. The van der Waals surface area contributed by atoms with Gasteiger partial charge in [0.1, 0.15) is 0 Å². The summed E-state index contributed by atoms with van der Waals surface area (Å²) in [5.74, 6) is -0.00319. The maximum atomic E-state index is 11.0. The first-order chi connectivity index (χ1) is 7.27. The van der Waals surface area contributed by atoms with Gasteiger partial charge in [0.25, 0.3) is 0 Å². The van der Waals surface area contributed by atoms with Crippen molar-refractivity contribution in [2.24, 2.45) is 0 Å². The maximum absolute atomic E-state index is 11.0. The van der Waals surface area contributed by atoms with Gasteiger partial charge in [-0.15, -0.1) is 0 Å². The van der Waals surface area contributed by atoms with Gasteiger partial charge >= 0.3 is 0 Å². The van der Waals surface area contributed by atoms with Crippen molar-refractivity contribution >= 4 is 5.91 Å². The second-order valence-electron chi connectivity index (χ2n) is 3.32. The Morgan fingerprint density at radius 1 is 1.60 bits per heavy atom. The van der Waals surface area contributed by atoms with Crippen LogP contribution in [-0.4, -0.2) is 29.3 Å². The van der Waals surface area contributed by atoms with E-state index in [-0.39, 0.29) is 5.91 Å². The number of carbonyl (C=O) groups is 1. The third-order valence-corrected chi connectivity index (χ3v) is 2.11. The highest BCUT2D eigenvalue weighted by Gasteiger charge is 2.02. The van der Waals surface area contributed by atoms with Crippen molar-refractivity contribution in [2.75, 3.05) is 13.6 Å².